The SMILES string of the molecule is c1ccc2cc3c(cc2c1)c1ccc2ccccc2c1n3-c1cc(-c2nc(-c3cccc4ccccc34)nc(-c3cc4ccccc4c4ccccc34)n2)c2oc3ccc4ccccc4c3c2c1. The van der Waals surface area contributed by atoms with Crippen molar-refractivity contribution in [3.63, 3.8) is 0 Å². The first kappa shape index (κ1) is 37.1. The summed E-state index contributed by atoms with van der Waals surface area (Å²) in [4.78, 5) is 16.5. The lowest BCUT2D eigenvalue weighted by atomic mass is 9.96. The van der Waals surface area contributed by atoms with Crippen molar-refractivity contribution in [2.45, 2.75) is 0 Å². The Bertz CT molecular complexity index is 4630. The summed E-state index contributed by atoms with van der Waals surface area (Å²) in [5, 5.41) is 18.2. The van der Waals surface area contributed by atoms with Crippen LogP contribution in [-0.4, -0.2) is 19.5 Å². The van der Waals surface area contributed by atoms with E-state index in [4.69, 9.17) is 19.4 Å². The van der Waals surface area contributed by atoms with Crippen LogP contribution in [0.5, 0.6) is 0 Å². The average molecular weight is 865 g/mol. The summed E-state index contributed by atoms with van der Waals surface area (Å²) in [6, 6.07) is 78.1. The number of fused-ring (bicyclic) bond motifs is 15. The van der Waals surface area contributed by atoms with Gasteiger partial charge in [-0.15, -0.1) is 0 Å². The lowest BCUT2D eigenvalue weighted by Gasteiger charge is -2.15. The minimum Gasteiger partial charge on any atom is -0.455 e. The van der Waals surface area contributed by atoms with E-state index in [2.05, 4.69) is 223 Å². The summed E-state index contributed by atoms with van der Waals surface area (Å²) in [7, 11) is 0. The molecule has 0 bridgehead atoms. The van der Waals surface area contributed by atoms with Gasteiger partial charge in [-0.2, -0.15) is 0 Å². The molecule has 0 atom stereocenters. The Hall–Kier alpha value is -9.19. The quantitative estimate of drug-likeness (QED) is 0.165. The number of rotatable bonds is 4. The smallest absolute Gasteiger partial charge is 0.167 e. The standard InChI is InChI=1S/C63H36N4O/c1-2-18-41-34-56-52(32-40(41)17-1)50-30-28-39-16-5-10-24-47(39)59(50)67(56)43-35-54-58-46-23-9-4-15-38(46)29-31-57(58)68-60(54)55(36-43)63-65-61(51-27-13-20-37-14-3-7-21-44(37)51)64-62(66-63)53-33-42-19-6-8-22-45(42)48-25-11-12-26-49(48)53/h1-36H. The molecule has 314 valence electrons. The van der Waals surface area contributed by atoms with Crippen LogP contribution in [0.1, 0.15) is 0 Å². The van der Waals surface area contributed by atoms with Gasteiger partial charge in [-0.25, -0.2) is 15.0 Å². The van der Waals surface area contributed by atoms with E-state index < -0.39 is 0 Å². The summed E-state index contributed by atoms with van der Waals surface area (Å²) in [5.41, 5.74) is 7.43. The van der Waals surface area contributed by atoms with Crippen molar-refractivity contribution in [3.8, 4) is 39.9 Å². The minimum absolute atomic E-state index is 0.529. The Morgan fingerprint density at radius 3 is 1.65 bits per heavy atom. The van der Waals surface area contributed by atoms with Crippen molar-refractivity contribution in [2.75, 3.05) is 0 Å². The van der Waals surface area contributed by atoms with Crippen LogP contribution in [0, 0.1) is 0 Å². The van der Waals surface area contributed by atoms with Crippen molar-refractivity contribution >= 4 is 108 Å². The Kier molecular flexibility index (Phi) is 7.72. The average Bonchev–Trinajstić information content (AvgIpc) is 3.95. The monoisotopic (exact) mass is 864 g/mol. The van der Waals surface area contributed by atoms with E-state index in [9.17, 15) is 0 Å². The van der Waals surface area contributed by atoms with Gasteiger partial charge in [0.1, 0.15) is 11.2 Å². The van der Waals surface area contributed by atoms with Gasteiger partial charge in [0.25, 0.3) is 0 Å². The number of benzene rings is 12. The Morgan fingerprint density at radius 1 is 0.309 bits per heavy atom. The van der Waals surface area contributed by atoms with Crippen molar-refractivity contribution < 1.29 is 4.42 Å². The summed E-state index contributed by atoms with van der Waals surface area (Å²) in [6.07, 6.45) is 0. The van der Waals surface area contributed by atoms with Crippen LogP contribution in [0.3, 0.4) is 0 Å². The van der Waals surface area contributed by atoms with Crippen molar-refractivity contribution in [2.24, 2.45) is 0 Å². The highest BCUT2D eigenvalue weighted by molar-refractivity contribution is 6.23. The summed E-state index contributed by atoms with van der Waals surface area (Å²) >= 11 is 0. The van der Waals surface area contributed by atoms with Gasteiger partial charge in [0, 0.05) is 43.7 Å². The second kappa shape index (κ2) is 14.2. The highest BCUT2D eigenvalue weighted by Gasteiger charge is 2.24. The van der Waals surface area contributed by atoms with E-state index in [-0.39, 0.29) is 0 Å². The molecule has 0 N–H and O–H groups in total. The fourth-order valence-corrected chi connectivity index (χ4v) is 11.1. The van der Waals surface area contributed by atoms with E-state index >= 15 is 0 Å². The van der Waals surface area contributed by atoms with Gasteiger partial charge in [-0.3, -0.25) is 0 Å². The fraction of sp³-hybridized carbons (Fsp3) is 0. The second-order valence-electron chi connectivity index (χ2n) is 17.9. The molecule has 0 aliphatic carbocycles. The molecule has 0 amide bonds. The summed E-state index contributed by atoms with van der Waals surface area (Å²) < 4.78 is 9.56. The normalized spacial score (nSPS) is 12.1. The van der Waals surface area contributed by atoms with Gasteiger partial charge in [0.2, 0.25) is 0 Å². The molecule has 0 saturated carbocycles. The molecule has 0 spiro atoms. The molecule has 0 fully saturated rings. The zero-order chi connectivity index (χ0) is 44.5. The van der Waals surface area contributed by atoms with Gasteiger partial charge in [-0.05, 0) is 95.6 Å². The molecule has 5 nitrogen and oxygen atoms in total. The van der Waals surface area contributed by atoms with Crippen LogP contribution in [0.25, 0.3) is 148 Å². The summed E-state index contributed by atoms with van der Waals surface area (Å²) in [6.45, 7) is 0. The Morgan fingerprint density at radius 2 is 0.868 bits per heavy atom. The van der Waals surface area contributed by atoms with Crippen LogP contribution < -0.4 is 0 Å². The first-order chi connectivity index (χ1) is 33.7. The highest BCUT2D eigenvalue weighted by atomic mass is 16.3. The van der Waals surface area contributed by atoms with E-state index in [1.165, 1.54) is 37.7 Å². The molecule has 5 heteroatoms. The third kappa shape index (κ3) is 5.41. The molecule has 0 radical (unpaired) electrons. The van der Waals surface area contributed by atoms with E-state index in [1.807, 2.05) is 0 Å². The topological polar surface area (TPSA) is 56.7 Å². The van der Waals surface area contributed by atoms with Crippen LogP contribution in [0.15, 0.2) is 223 Å². The van der Waals surface area contributed by atoms with Gasteiger partial charge in [0.05, 0.1) is 16.6 Å². The highest BCUT2D eigenvalue weighted by Crippen LogP contribution is 2.45. The molecule has 3 aromatic heterocycles. The molecule has 15 rings (SSSR count). The van der Waals surface area contributed by atoms with Crippen molar-refractivity contribution in [3.05, 3.63) is 218 Å². The third-order valence-corrected chi connectivity index (χ3v) is 14.1. The van der Waals surface area contributed by atoms with Gasteiger partial charge in [0.15, 0.2) is 17.5 Å². The largest absolute Gasteiger partial charge is 0.455 e. The van der Waals surface area contributed by atoms with Crippen molar-refractivity contribution in [1.29, 1.82) is 0 Å². The molecule has 68 heavy (non-hydrogen) atoms. The number of nitrogens with zero attached hydrogens (tertiary/aromatic N) is 4. The zero-order valence-electron chi connectivity index (χ0n) is 36.5. The number of hydrogen-bond acceptors (Lipinski definition) is 4. The zero-order valence-corrected chi connectivity index (χ0v) is 36.5. The molecule has 0 aliphatic heterocycles. The lowest BCUT2D eigenvalue weighted by Crippen LogP contribution is -2.02. The maximum atomic E-state index is 7.10. The summed E-state index contributed by atoms with van der Waals surface area (Å²) in [5.74, 6) is 1.71. The second-order valence-corrected chi connectivity index (χ2v) is 17.9. The van der Waals surface area contributed by atoms with Gasteiger partial charge < -0.3 is 8.98 Å². The fourth-order valence-electron chi connectivity index (χ4n) is 11.1. The molecule has 12 aromatic carbocycles. The number of aromatic nitrogens is 4. The number of hydrogen-bond donors (Lipinski definition) is 0. The van der Waals surface area contributed by atoms with E-state index in [1.54, 1.807) is 0 Å². The predicted molar refractivity (Wildman–Crippen MR) is 283 cm³/mol. The van der Waals surface area contributed by atoms with Crippen LogP contribution in [0.4, 0.5) is 0 Å². The van der Waals surface area contributed by atoms with Crippen LogP contribution in [-0.2, 0) is 0 Å². The molecule has 0 unspecified atom stereocenters. The maximum Gasteiger partial charge on any atom is 0.167 e. The third-order valence-electron chi connectivity index (χ3n) is 14.1. The lowest BCUT2D eigenvalue weighted by molar-refractivity contribution is 0.669. The Balaban J connectivity index is 1.11. The molecular weight excluding hydrogens is 829 g/mol. The first-order valence-electron chi connectivity index (χ1n) is 23.1. The molecular formula is C63H36N4O. The van der Waals surface area contributed by atoms with Crippen LogP contribution >= 0.6 is 0 Å². The first-order valence-corrected chi connectivity index (χ1v) is 23.1. The molecule has 3 heterocycles. The Labute approximate surface area is 388 Å². The minimum atomic E-state index is 0.529. The maximum absolute atomic E-state index is 7.10. The molecule has 15 aromatic rings. The van der Waals surface area contributed by atoms with Crippen LogP contribution in [0.2, 0.25) is 0 Å². The molecule has 0 saturated heterocycles. The molecule has 0 aliphatic rings. The van der Waals surface area contributed by atoms with Gasteiger partial charge in [-0.1, -0.05) is 182 Å². The van der Waals surface area contributed by atoms with E-state index in [0.29, 0.717) is 17.5 Å². The van der Waals surface area contributed by atoms with E-state index in [0.717, 1.165) is 93.1 Å². The van der Waals surface area contributed by atoms with Crippen molar-refractivity contribution in [1.82, 2.24) is 19.5 Å². The predicted octanol–water partition coefficient (Wildman–Crippen LogP) is 16.8. The number of furan rings is 1. The van der Waals surface area contributed by atoms with Gasteiger partial charge >= 0.3 is 0 Å².